The quantitative estimate of drug-likeness (QED) is 0.139. The number of hydrogen-bond donors (Lipinski definition) is 6. The maximum absolute atomic E-state index is 14.4. The van der Waals surface area contributed by atoms with E-state index in [1.165, 1.54) is 12.5 Å². The number of carbonyl (C=O) groups is 2. The molecule has 7 rings (SSSR count). The van der Waals surface area contributed by atoms with Crippen LogP contribution in [0.1, 0.15) is 113 Å². The van der Waals surface area contributed by atoms with Gasteiger partial charge in [-0.25, -0.2) is 0 Å². The second-order valence-corrected chi connectivity index (χ2v) is 20.2. The molecule has 0 aromatic heterocycles. The van der Waals surface area contributed by atoms with Crippen LogP contribution in [-0.4, -0.2) is 129 Å². The highest BCUT2D eigenvalue weighted by molar-refractivity contribution is 5.83. The minimum atomic E-state index is -1.71. The van der Waals surface area contributed by atoms with Crippen LogP contribution in [0, 0.1) is 45.3 Å². The van der Waals surface area contributed by atoms with E-state index in [4.69, 9.17) is 28.4 Å². The zero-order chi connectivity index (χ0) is 41.6. The molecule has 14 nitrogen and oxygen atoms in total. The Balaban J connectivity index is 1.11. The minimum absolute atomic E-state index is 0.0168. The Morgan fingerprint density at radius 1 is 0.895 bits per heavy atom. The second-order valence-electron chi connectivity index (χ2n) is 20.2. The molecule has 0 radical (unpaired) electrons. The highest BCUT2D eigenvalue weighted by Gasteiger charge is 2.76. The average molecular weight is 809 g/mol. The summed E-state index contributed by atoms with van der Waals surface area (Å²) >= 11 is 0. The summed E-state index contributed by atoms with van der Waals surface area (Å²) in [7, 11) is 0. The van der Waals surface area contributed by atoms with Crippen molar-refractivity contribution in [1.29, 1.82) is 0 Å². The van der Waals surface area contributed by atoms with Crippen LogP contribution < -0.4 is 0 Å². The fourth-order valence-corrected chi connectivity index (χ4v) is 13.4. The molecule has 0 bridgehead atoms. The van der Waals surface area contributed by atoms with Gasteiger partial charge in [0.1, 0.15) is 54.4 Å². The van der Waals surface area contributed by atoms with Gasteiger partial charge in [-0.1, -0.05) is 53.2 Å². The van der Waals surface area contributed by atoms with Crippen LogP contribution in [0.25, 0.3) is 0 Å². The van der Waals surface area contributed by atoms with Crippen LogP contribution in [0.2, 0.25) is 0 Å². The largest absolute Gasteiger partial charge is 0.462 e. The van der Waals surface area contributed by atoms with E-state index in [1.54, 1.807) is 0 Å². The number of esters is 2. The van der Waals surface area contributed by atoms with Crippen LogP contribution in [-0.2, 0) is 38.0 Å². The molecule has 0 aromatic rings. The Kier molecular flexibility index (Phi) is 11.7. The van der Waals surface area contributed by atoms with E-state index in [0.717, 1.165) is 38.5 Å². The number of cyclic esters (lactones) is 1. The van der Waals surface area contributed by atoms with Gasteiger partial charge in [-0.05, 0) is 86.9 Å². The Hall–Kier alpha value is -1.72. The molecule has 7 aliphatic rings. The van der Waals surface area contributed by atoms with E-state index in [9.17, 15) is 40.2 Å². The van der Waals surface area contributed by atoms with Crippen molar-refractivity contribution >= 4 is 11.9 Å². The van der Waals surface area contributed by atoms with Gasteiger partial charge in [0.25, 0.3) is 0 Å². The summed E-state index contributed by atoms with van der Waals surface area (Å²) in [6.07, 6.45) is -4.42. The van der Waals surface area contributed by atoms with E-state index >= 15 is 0 Å². The Bertz CT molecular complexity index is 1550. The van der Waals surface area contributed by atoms with E-state index in [-0.39, 0.29) is 59.3 Å². The number of carbonyl (C=O) groups excluding carboxylic acids is 2. The zero-order valence-electron chi connectivity index (χ0n) is 35.0. The van der Waals surface area contributed by atoms with Gasteiger partial charge >= 0.3 is 11.9 Å². The van der Waals surface area contributed by atoms with Crippen molar-refractivity contribution in [3.8, 4) is 0 Å². The predicted molar refractivity (Wildman–Crippen MR) is 203 cm³/mol. The molecule has 1 unspecified atom stereocenters. The van der Waals surface area contributed by atoms with Gasteiger partial charge in [0.15, 0.2) is 12.6 Å². The highest BCUT2D eigenvalue weighted by Crippen LogP contribution is 2.76. The SMILES string of the molecule is CC(=O)O[C@@H](CC(C)C)C[C@]1(C)OC(=O)[C@]23CC[C@@H]4C(=CCC5C(C)(C)[C@@H](O[C@@H]6OC[C@@H](O)[C@H](O)[C@H]6O[C@@H]6O[C@H](CO)[C@@H](O)[C@H](O)[C@H]6O)CC[C@@]54C)[C@]2(C)CC[C@@H]31. The fraction of sp³-hybridized carbons (Fsp3) is 0.907. The first-order valence-corrected chi connectivity index (χ1v) is 21.3. The van der Waals surface area contributed by atoms with E-state index in [0.29, 0.717) is 25.2 Å². The Morgan fingerprint density at radius 3 is 2.28 bits per heavy atom. The van der Waals surface area contributed by atoms with Gasteiger partial charge in [0.2, 0.25) is 0 Å². The first-order valence-electron chi connectivity index (χ1n) is 21.3. The molecule has 0 aromatic carbocycles. The number of hydrogen-bond acceptors (Lipinski definition) is 14. The molecular formula is C43H68O14. The molecule has 3 saturated heterocycles. The first-order chi connectivity index (χ1) is 26.6. The van der Waals surface area contributed by atoms with Gasteiger partial charge in [-0.2, -0.15) is 0 Å². The lowest BCUT2D eigenvalue weighted by atomic mass is 9.41. The number of aliphatic hydroxyl groups is 6. The maximum Gasteiger partial charge on any atom is 0.313 e. The summed E-state index contributed by atoms with van der Waals surface area (Å²) in [4.78, 5) is 26.5. The van der Waals surface area contributed by atoms with E-state index in [2.05, 4.69) is 54.5 Å². The fourth-order valence-electron chi connectivity index (χ4n) is 13.4. The molecule has 4 aliphatic carbocycles. The molecule has 6 N–H and O–H groups in total. The predicted octanol–water partition coefficient (Wildman–Crippen LogP) is 2.90. The van der Waals surface area contributed by atoms with Crippen LogP contribution >= 0.6 is 0 Å². The van der Waals surface area contributed by atoms with Crippen LogP contribution in [0.15, 0.2) is 11.6 Å². The number of allylic oxidation sites excluding steroid dienone is 2. The van der Waals surface area contributed by atoms with Crippen LogP contribution in [0.4, 0.5) is 0 Å². The molecule has 3 heterocycles. The van der Waals surface area contributed by atoms with Gasteiger partial charge in [0, 0.05) is 24.7 Å². The summed E-state index contributed by atoms with van der Waals surface area (Å²) in [5, 5.41) is 62.7. The van der Waals surface area contributed by atoms with Crippen molar-refractivity contribution in [1.82, 2.24) is 0 Å². The topological polar surface area (TPSA) is 211 Å². The van der Waals surface area contributed by atoms with Crippen molar-refractivity contribution in [2.24, 2.45) is 45.3 Å². The minimum Gasteiger partial charge on any atom is -0.462 e. The molecule has 14 heteroatoms. The molecule has 6 fully saturated rings. The number of ether oxygens (including phenoxy) is 6. The third-order valence-electron chi connectivity index (χ3n) is 16.2. The van der Waals surface area contributed by atoms with Gasteiger partial charge in [0.05, 0.1) is 24.7 Å². The smallest absolute Gasteiger partial charge is 0.313 e. The van der Waals surface area contributed by atoms with Crippen LogP contribution in [0.5, 0.6) is 0 Å². The zero-order valence-corrected chi connectivity index (χ0v) is 35.0. The average Bonchev–Trinajstić information content (AvgIpc) is 3.57. The molecule has 0 amide bonds. The summed E-state index contributed by atoms with van der Waals surface area (Å²) in [6, 6.07) is 0. The lowest BCUT2D eigenvalue weighted by Gasteiger charge is -2.64. The molecular weight excluding hydrogens is 740 g/mol. The standard InChI is InChI=1S/C43H68O14/c1-21(2)17-23(53-22(3)45)18-42(8)29-12-15-41(7)25-9-10-28-39(4,5)30(13-14-40(28,6)24(25)11-16-43(29,41)38(51)57-42)55-37-35(31(47)26(46)20-52-37)56-36-34(50)33(49)32(48)27(19-44)54-36/h9,21,23-24,26-37,44,46-50H,10-20H2,1-8H3/t23-,24+,26+,27+,28?,29+,30-,31-,32+,33-,34+,35+,36-,37-,40+,41-,42-,43+/m0/s1. The Morgan fingerprint density at radius 2 is 1.61 bits per heavy atom. The highest BCUT2D eigenvalue weighted by atomic mass is 16.8. The summed E-state index contributed by atoms with van der Waals surface area (Å²) in [5.41, 5.74) is -0.848. The van der Waals surface area contributed by atoms with Crippen molar-refractivity contribution in [2.45, 2.75) is 186 Å². The third-order valence-corrected chi connectivity index (χ3v) is 16.2. The molecule has 18 atom stereocenters. The number of aliphatic hydroxyl groups excluding tert-OH is 6. The molecule has 3 aliphatic heterocycles. The maximum atomic E-state index is 14.4. The lowest BCUT2D eigenvalue weighted by molar-refractivity contribution is -0.366. The first kappa shape index (κ1) is 43.4. The Labute approximate surface area is 336 Å². The van der Waals surface area contributed by atoms with Crippen molar-refractivity contribution in [3.05, 3.63) is 11.6 Å². The van der Waals surface area contributed by atoms with Crippen molar-refractivity contribution in [3.63, 3.8) is 0 Å². The van der Waals surface area contributed by atoms with Gasteiger partial charge < -0.3 is 59.1 Å². The normalized spacial score (nSPS) is 49.6. The molecule has 57 heavy (non-hydrogen) atoms. The summed E-state index contributed by atoms with van der Waals surface area (Å²) < 4.78 is 36.5. The number of fused-ring (bicyclic) bond motifs is 4. The van der Waals surface area contributed by atoms with Gasteiger partial charge in [-0.3, -0.25) is 9.59 Å². The van der Waals surface area contributed by atoms with Gasteiger partial charge in [-0.15, -0.1) is 0 Å². The second kappa shape index (κ2) is 15.3. The van der Waals surface area contributed by atoms with Crippen molar-refractivity contribution in [2.75, 3.05) is 13.2 Å². The van der Waals surface area contributed by atoms with Crippen LogP contribution in [0.3, 0.4) is 0 Å². The molecule has 1 spiro atoms. The van der Waals surface area contributed by atoms with Crippen molar-refractivity contribution < 1.29 is 68.6 Å². The lowest BCUT2D eigenvalue weighted by Crippen LogP contribution is -2.64. The number of rotatable bonds is 10. The van der Waals surface area contributed by atoms with E-state index in [1.807, 2.05) is 0 Å². The summed E-state index contributed by atoms with van der Waals surface area (Å²) in [5.74, 6) is 0.360. The summed E-state index contributed by atoms with van der Waals surface area (Å²) in [6.45, 7) is 16.0. The monoisotopic (exact) mass is 808 g/mol. The molecule has 324 valence electrons. The molecule has 3 saturated carbocycles. The van der Waals surface area contributed by atoms with E-state index < -0.39 is 78.3 Å². The third kappa shape index (κ3) is 6.84.